The molecule has 102 valence electrons. The molecular formula is C16H15NO2S. The predicted molar refractivity (Wildman–Crippen MR) is 80.6 cm³/mol. The Balaban J connectivity index is 2.29. The summed E-state index contributed by atoms with van der Waals surface area (Å²) in [6, 6.07) is 9.70. The van der Waals surface area contributed by atoms with E-state index in [-0.39, 0.29) is 6.10 Å². The number of aromatic nitrogens is 1. The number of hydrogen-bond acceptors (Lipinski definition) is 4. The minimum atomic E-state index is -0.420. The summed E-state index contributed by atoms with van der Waals surface area (Å²) in [6.45, 7) is 3.65. The van der Waals surface area contributed by atoms with Crippen molar-refractivity contribution in [2.24, 2.45) is 0 Å². The first kappa shape index (κ1) is 14.3. The van der Waals surface area contributed by atoms with Crippen LogP contribution in [-0.2, 0) is 4.74 Å². The van der Waals surface area contributed by atoms with Gasteiger partial charge in [0.1, 0.15) is 6.10 Å². The van der Waals surface area contributed by atoms with Crippen molar-refractivity contribution in [3.05, 3.63) is 41.0 Å². The van der Waals surface area contributed by atoms with E-state index in [1.54, 1.807) is 6.92 Å². The lowest BCUT2D eigenvalue weighted by molar-refractivity contribution is 0.0347. The van der Waals surface area contributed by atoms with Gasteiger partial charge in [0, 0.05) is 6.42 Å². The number of nitrogens with zero attached hydrogens (tertiary/aromatic N) is 1. The first-order valence-electron chi connectivity index (χ1n) is 6.29. The summed E-state index contributed by atoms with van der Waals surface area (Å²) in [6.07, 6.45) is 5.31. The molecular weight excluding hydrogens is 270 g/mol. The highest BCUT2D eigenvalue weighted by molar-refractivity contribution is 7.15. The van der Waals surface area contributed by atoms with Crippen molar-refractivity contribution < 1.29 is 9.53 Å². The van der Waals surface area contributed by atoms with E-state index in [4.69, 9.17) is 11.2 Å². The molecule has 0 bridgehead atoms. The standard InChI is InChI=1S/C16H15NO2S/c1-4-8-11(2)19-16(18)14-15(20-12(3)17-14)13-9-6-5-7-10-13/h1,5-7,9-11H,8H2,2-3H3. The number of carbonyl (C=O) groups is 1. The van der Waals surface area contributed by atoms with Crippen molar-refractivity contribution in [1.29, 1.82) is 0 Å². The first-order chi connectivity index (χ1) is 9.61. The van der Waals surface area contributed by atoms with Gasteiger partial charge in [0.15, 0.2) is 5.69 Å². The second-order valence-corrected chi connectivity index (χ2v) is 5.60. The fraction of sp³-hybridized carbons (Fsp3) is 0.250. The molecule has 0 aliphatic rings. The van der Waals surface area contributed by atoms with E-state index in [0.717, 1.165) is 15.4 Å². The Labute approximate surface area is 122 Å². The van der Waals surface area contributed by atoms with Crippen LogP contribution in [0.4, 0.5) is 0 Å². The second kappa shape index (κ2) is 6.36. The van der Waals surface area contributed by atoms with Crippen LogP contribution >= 0.6 is 11.3 Å². The van der Waals surface area contributed by atoms with Crippen LogP contribution in [0.15, 0.2) is 30.3 Å². The van der Waals surface area contributed by atoms with E-state index in [9.17, 15) is 4.79 Å². The average molecular weight is 285 g/mol. The fourth-order valence-electron chi connectivity index (χ4n) is 1.80. The van der Waals surface area contributed by atoms with Crippen molar-refractivity contribution in [3.8, 4) is 22.8 Å². The number of ether oxygens (including phenoxy) is 1. The molecule has 0 saturated carbocycles. The zero-order valence-corrected chi connectivity index (χ0v) is 12.2. The highest BCUT2D eigenvalue weighted by Crippen LogP contribution is 2.30. The summed E-state index contributed by atoms with van der Waals surface area (Å²) in [5, 5.41) is 0.834. The van der Waals surface area contributed by atoms with Crippen molar-refractivity contribution in [2.75, 3.05) is 0 Å². The molecule has 1 atom stereocenters. The lowest BCUT2D eigenvalue weighted by Gasteiger charge is -2.09. The monoisotopic (exact) mass is 285 g/mol. The summed E-state index contributed by atoms with van der Waals surface area (Å²) in [5.74, 6) is 2.06. The third-order valence-electron chi connectivity index (χ3n) is 2.68. The normalized spacial score (nSPS) is 11.7. The van der Waals surface area contributed by atoms with Gasteiger partial charge in [-0.3, -0.25) is 0 Å². The molecule has 0 N–H and O–H groups in total. The Kier molecular flexibility index (Phi) is 4.54. The topological polar surface area (TPSA) is 39.2 Å². The van der Waals surface area contributed by atoms with Crippen LogP contribution in [0.25, 0.3) is 10.4 Å². The number of hydrogen-bond donors (Lipinski definition) is 0. The molecule has 2 aromatic rings. The van der Waals surface area contributed by atoms with Gasteiger partial charge in [0.2, 0.25) is 0 Å². The van der Waals surface area contributed by atoms with Gasteiger partial charge in [-0.15, -0.1) is 23.7 Å². The Morgan fingerprint density at radius 2 is 2.15 bits per heavy atom. The van der Waals surface area contributed by atoms with Crippen LogP contribution in [0.5, 0.6) is 0 Å². The number of benzene rings is 1. The maximum atomic E-state index is 12.2. The van der Waals surface area contributed by atoms with Gasteiger partial charge in [-0.1, -0.05) is 30.3 Å². The largest absolute Gasteiger partial charge is 0.457 e. The number of aryl methyl sites for hydroxylation is 1. The van der Waals surface area contributed by atoms with E-state index >= 15 is 0 Å². The molecule has 4 heteroatoms. The number of carbonyl (C=O) groups excluding carboxylic acids is 1. The van der Waals surface area contributed by atoms with Gasteiger partial charge in [-0.05, 0) is 19.4 Å². The van der Waals surface area contributed by atoms with Gasteiger partial charge in [-0.2, -0.15) is 0 Å². The minimum absolute atomic E-state index is 0.307. The molecule has 0 spiro atoms. The molecule has 0 radical (unpaired) electrons. The predicted octanol–water partition coefficient (Wildman–Crippen LogP) is 3.69. The minimum Gasteiger partial charge on any atom is -0.457 e. The highest BCUT2D eigenvalue weighted by Gasteiger charge is 2.21. The lowest BCUT2D eigenvalue weighted by Crippen LogP contribution is -2.15. The maximum Gasteiger partial charge on any atom is 0.358 e. The molecule has 3 nitrogen and oxygen atoms in total. The fourth-order valence-corrected chi connectivity index (χ4v) is 2.71. The molecule has 1 aromatic heterocycles. The molecule has 0 aliphatic heterocycles. The van der Waals surface area contributed by atoms with E-state index < -0.39 is 5.97 Å². The number of rotatable bonds is 4. The van der Waals surface area contributed by atoms with Crippen LogP contribution in [-0.4, -0.2) is 17.1 Å². The van der Waals surface area contributed by atoms with Crippen molar-refractivity contribution in [2.45, 2.75) is 26.4 Å². The van der Waals surface area contributed by atoms with Gasteiger partial charge in [0.05, 0.1) is 9.88 Å². The van der Waals surface area contributed by atoms with E-state index in [0.29, 0.717) is 12.1 Å². The van der Waals surface area contributed by atoms with Crippen molar-refractivity contribution in [3.63, 3.8) is 0 Å². The summed E-state index contributed by atoms with van der Waals surface area (Å²) in [5.41, 5.74) is 1.33. The number of esters is 1. The molecule has 2 rings (SSSR count). The average Bonchev–Trinajstić information content (AvgIpc) is 2.82. The number of thiazole rings is 1. The van der Waals surface area contributed by atoms with Crippen LogP contribution < -0.4 is 0 Å². The molecule has 0 amide bonds. The van der Waals surface area contributed by atoms with E-state index in [1.165, 1.54) is 11.3 Å². The quantitative estimate of drug-likeness (QED) is 0.635. The Bertz CT molecular complexity index is 640. The van der Waals surface area contributed by atoms with Gasteiger partial charge >= 0.3 is 5.97 Å². The molecule has 1 aromatic carbocycles. The van der Waals surface area contributed by atoms with Crippen LogP contribution in [0.1, 0.15) is 28.8 Å². The van der Waals surface area contributed by atoms with Crippen LogP contribution in [0.3, 0.4) is 0 Å². The lowest BCUT2D eigenvalue weighted by atomic mass is 10.1. The van der Waals surface area contributed by atoms with Crippen LogP contribution in [0, 0.1) is 19.3 Å². The zero-order valence-electron chi connectivity index (χ0n) is 11.4. The van der Waals surface area contributed by atoms with E-state index in [2.05, 4.69) is 10.9 Å². The molecule has 20 heavy (non-hydrogen) atoms. The third kappa shape index (κ3) is 3.25. The Hall–Kier alpha value is -2.12. The first-order valence-corrected chi connectivity index (χ1v) is 7.10. The zero-order chi connectivity index (χ0) is 14.5. The molecule has 0 aliphatic carbocycles. The number of terminal acetylenes is 1. The summed E-state index contributed by atoms with van der Waals surface area (Å²) in [7, 11) is 0. The van der Waals surface area contributed by atoms with Crippen LogP contribution in [0.2, 0.25) is 0 Å². The highest BCUT2D eigenvalue weighted by atomic mass is 32.1. The SMILES string of the molecule is C#CCC(C)OC(=O)c1nc(C)sc1-c1ccccc1. The van der Waals surface area contributed by atoms with Gasteiger partial charge < -0.3 is 4.74 Å². The third-order valence-corrected chi connectivity index (χ3v) is 3.70. The second-order valence-electron chi connectivity index (χ2n) is 4.40. The molecule has 1 heterocycles. The maximum absolute atomic E-state index is 12.2. The molecule has 1 unspecified atom stereocenters. The van der Waals surface area contributed by atoms with Crippen molar-refractivity contribution >= 4 is 17.3 Å². The van der Waals surface area contributed by atoms with Gasteiger partial charge in [0.25, 0.3) is 0 Å². The summed E-state index contributed by atoms with van der Waals surface area (Å²) in [4.78, 5) is 17.3. The molecule has 0 saturated heterocycles. The van der Waals surface area contributed by atoms with Gasteiger partial charge in [-0.25, -0.2) is 9.78 Å². The smallest absolute Gasteiger partial charge is 0.358 e. The van der Waals surface area contributed by atoms with Crippen molar-refractivity contribution in [1.82, 2.24) is 4.98 Å². The Morgan fingerprint density at radius 1 is 1.45 bits per heavy atom. The Morgan fingerprint density at radius 3 is 2.80 bits per heavy atom. The summed E-state index contributed by atoms with van der Waals surface area (Å²) < 4.78 is 5.32. The summed E-state index contributed by atoms with van der Waals surface area (Å²) >= 11 is 1.48. The molecule has 0 fully saturated rings. The van der Waals surface area contributed by atoms with E-state index in [1.807, 2.05) is 37.3 Å².